The van der Waals surface area contributed by atoms with Gasteiger partial charge in [0.2, 0.25) is 0 Å². The van der Waals surface area contributed by atoms with Crippen LogP contribution in [-0.4, -0.2) is 26.6 Å². The Hall–Kier alpha value is -2.45. The summed E-state index contributed by atoms with van der Waals surface area (Å²) in [5.41, 5.74) is 2.17. The van der Waals surface area contributed by atoms with Gasteiger partial charge in [0.15, 0.2) is 9.84 Å². The van der Waals surface area contributed by atoms with Gasteiger partial charge in [0, 0.05) is 23.3 Å². The standard InChI is InChI=1S/C19H17FN2O3S2/c1-13-10-14(2-4-16(13)20)22-7-8-25-18-11-15(3-5-17(18)22)27(23,24)12-19-21-6-9-26-19/h2-6,9-11H,7-8,12H2,1H3. The molecule has 2 aromatic carbocycles. The smallest absolute Gasteiger partial charge is 0.185 e. The Morgan fingerprint density at radius 3 is 2.85 bits per heavy atom. The summed E-state index contributed by atoms with van der Waals surface area (Å²) in [5.74, 6) is 0.115. The molecule has 5 nitrogen and oxygen atoms in total. The zero-order valence-electron chi connectivity index (χ0n) is 14.6. The summed E-state index contributed by atoms with van der Waals surface area (Å²) in [6.07, 6.45) is 1.59. The molecule has 27 heavy (non-hydrogen) atoms. The van der Waals surface area contributed by atoms with Gasteiger partial charge < -0.3 is 9.64 Å². The Morgan fingerprint density at radius 1 is 1.26 bits per heavy atom. The van der Waals surface area contributed by atoms with E-state index in [1.807, 2.05) is 4.90 Å². The van der Waals surface area contributed by atoms with Crippen LogP contribution in [0.25, 0.3) is 0 Å². The lowest BCUT2D eigenvalue weighted by molar-refractivity contribution is 0.313. The molecule has 2 heterocycles. The summed E-state index contributed by atoms with van der Waals surface area (Å²) in [7, 11) is -3.51. The van der Waals surface area contributed by atoms with Crippen molar-refractivity contribution in [2.45, 2.75) is 17.6 Å². The molecular formula is C19H17FN2O3S2. The van der Waals surface area contributed by atoms with E-state index in [1.54, 1.807) is 48.8 Å². The molecule has 0 N–H and O–H groups in total. The van der Waals surface area contributed by atoms with E-state index in [0.717, 1.165) is 11.4 Å². The maximum absolute atomic E-state index is 13.6. The van der Waals surface area contributed by atoms with Crippen LogP contribution in [-0.2, 0) is 15.6 Å². The van der Waals surface area contributed by atoms with Gasteiger partial charge in [-0.2, -0.15) is 0 Å². The lowest BCUT2D eigenvalue weighted by Gasteiger charge is -2.31. The highest BCUT2D eigenvalue weighted by Crippen LogP contribution is 2.38. The van der Waals surface area contributed by atoms with Gasteiger partial charge in [-0.25, -0.2) is 17.8 Å². The Morgan fingerprint density at radius 2 is 2.11 bits per heavy atom. The van der Waals surface area contributed by atoms with Crippen LogP contribution in [0.15, 0.2) is 52.9 Å². The molecule has 0 bridgehead atoms. The number of anilines is 2. The van der Waals surface area contributed by atoms with Crippen molar-refractivity contribution in [2.75, 3.05) is 18.1 Å². The second-order valence-electron chi connectivity index (χ2n) is 6.25. The third-order valence-electron chi connectivity index (χ3n) is 4.40. The molecule has 8 heteroatoms. The number of rotatable bonds is 4. The first-order valence-corrected chi connectivity index (χ1v) is 10.9. The number of halogens is 1. The van der Waals surface area contributed by atoms with E-state index in [1.165, 1.54) is 17.4 Å². The molecule has 0 unspecified atom stereocenters. The molecule has 1 aliphatic rings. The lowest BCUT2D eigenvalue weighted by atomic mass is 10.1. The third-order valence-corrected chi connectivity index (χ3v) is 6.99. The summed E-state index contributed by atoms with van der Waals surface area (Å²) < 4.78 is 44.6. The van der Waals surface area contributed by atoms with E-state index in [2.05, 4.69) is 4.98 Å². The first kappa shape index (κ1) is 17.9. The van der Waals surface area contributed by atoms with Gasteiger partial charge in [-0.15, -0.1) is 11.3 Å². The van der Waals surface area contributed by atoms with Crippen LogP contribution in [0, 0.1) is 12.7 Å². The van der Waals surface area contributed by atoms with Crippen LogP contribution in [0.2, 0.25) is 0 Å². The Balaban J connectivity index is 1.68. The molecular weight excluding hydrogens is 387 g/mol. The van der Waals surface area contributed by atoms with Crippen LogP contribution in [0.5, 0.6) is 5.75 Å². The molecule has 140 valence electrons. The van der Waals surface area contributed by atoms with Crippen LogP contribution in [0.4, 0.5) is 15.8 Å². The predicted octanol–water partition coefficient (Wildman–Crippen LogP) is 4.10. The fourth-order valence-corrected chi connectivity index (χ4v) is 5.30. The van der Waals surface area contributed by atoms with Crippen LogP contribution >= 0.6 is 11.3 Å². The first-order chi connectivity index (χ1) is 12.9. The van der Waals surface area contributed by atoms with Gasteiger partial charge in [-0.3, -0.25) is 0 Å². The van der Waals surface area contributed by atoms with Gasteiger partial charge in [-0.1, -0.05) is 0 Å². The highest BCUT2D eigenvalue weighted by atomic mass is 32.2. The van der Waals surface area contributed by atoms with Crippen LogP contribution in [0.3, 0.4) is 0 Å². The Kier molecular flexibility index (Phi) is 4.61. The predicted molar refractivity (Wildman–Crippen MR) is 103 cm³/mol. The van der Waals surface area contributed by atoms with E-state index < -0.39 is 9.84 Å². The van der Waals surface area contributed by atoms with Crippen molar-refractivity contribution < 1.29 is 17.5 Å². The highest BCUT2D eigenvalue weighted by molar-refractivity contribution is 7.90. The Bertz CT molecular complexity index is 1080. The number of aromatic nitrogens is 1. The fourth-order valence-electron chi connectivity index (χ4n) is 3.03. The van der Waals surface area contributed by atoms with Crippen molar-refractivity contribution in [1.82, 2.24) is 4.98 Å². The van der Waals surface area contributed by atoms with E-state index in [4.69, 9.17) is 4.74 Å². The minimum absolute atomic E-state index is 0.135. The summed E-state index contributed by atoms with van der Waals surface area (Å²) >= 11 is 1.31. The molecule has 0 fully saturated rings. The number of hydrogen-bond donors (Lipinski definition) is 0. The molecule has 0 saturated carbocycles. The van der Waals surface area contributed by atoms with E-state index >= 15 is 0 Å². The maximum Gasteiger partial charge on any atom is 0.185 e. The van der Waals surface area contributed by atoms with E-state index in [0.29, 0.717) is 29.5 Å². The number of hydrogen-bond acceptors (Lipinski definition) is 6. The molecule has 0 radical (unpaired) electrons. The molecule has 4 rings (SSSR count). The van der Waals surface area contributed by atoms with Crippen LogP contribution < -0.4 is 9.64 Å². The van der Waals surface area contributed by atoms with Gasteiger partial charge in [0.25, 0.3) is 0 Å². The number of fused-ring (bicyclic) bond motifs is 1. The zero-order chi connectivity index (χ0) is 19.0. The van der Waals surface area contributed by atoms with Crippen LogP contribution in [0.1, 0.15) is 10.6 Å². The van der Waals surface area contributed by atoms with Crippen molar-refractivity contribution in [3.8, 4) is 5.75 Å². The van der Waals surface area contributed by atoms with Gasteiger partial charge in [0.05, 0.1) is 17.1 Å². The summed E-state index contributed by atoms with van der Waals surface area (Å²) in [6, 6.07) is 9.80. The minimum atomic E-state index is -3.51. The van der Waals surface area contributed by atoms with Crippen molar-refractivity contribution in [3.63, 3.8) is 0 Å². The number of thiazole rings is 1. The minimum Gasteiger partial charge on any atom is -0.489 e. The summed E-state index contributed by atoms with van der Waals surface area (Å²) in [6.45, 7) is 2.73. The molecule has 0 saturated heterocycles. The quantitative estimate of drug-likeness (QED) is 0.655. The lowest BCUT2D eigenvalue weighted by Crippen LogP contribution is -2.28. The largest absolute Gasteiger partial charge is 0.489 e. The third kappa shape index (κ3) is 3.54. The second kappa shape index (κ2) is 6.94. The van der Waals surface area contributed by atoms with Crippen molar-refractivity contribution in [3.05, 3.63) is 64.4 Å². The molecule has 0 atom stereocenters. The molecule has 3 aromatic rings. The van der Waals surface area contributed by atoms with E-state index in [-0.39, 0.29) is 16.5 Å². The van der Waals surface area contributed by atoms with Crippen molar-refractivity contribution in [1.29, 1.82) is 0 Å². The van der Waals surface area contributed by atoms with Gasteiger partial charge in [0.1, 0.15) is 28.9 Å². The number of ether oxygens (including phenoxy) is 1. The highest BCUT2D eigenvalue weighted by Gasteiger charge is 2.24. The summed E-state index contributed by atoms with van der Waals surface area (Å²) in [4.78, 5) is 6.26. The first-order valence-electron chi connectivity index (χ1n) is 8.36. The Labute approximate surface area is 161 Å². The molecule has 0 aliphatic carbocycles. The zero-order valence-corrected chi connectivity index (χ0v) is 16.2. The normalized spacial score (nSPS) is 13.9. The van der Waals surface area contributed by atoms with Crippen molar-refractivity contribution in [2.24, 2.45) is 0 Å². The average molecular weight is 404 g/mol. The number of sulfone groups is 1. The molecule has 0 spiro atoms. The van der Waals surface area contributed by atoms with Crippen molar-refractivity contribution >= 4 is 32.5 Å². The number of benzene rings is 2. The maximum atomic E-state index is 13.6. The monoisotopic (exact) mass is 404 g/mol. The molecule has 1 aromatic heterocycles. The number of nitrogens with zero attached hydrogens (tertiary/aromatic N) is 2. The molecule has 1 aliphatic heterocycles. The van der Waals surface area contributed by atoms with Gasteiger partial charge in [-0.05, 0) is 42.8 Å². The van der Waals surface area contributed by atoms with E-state index in [9.17, 15) is 12.8 Å². The SMILES string of the molecule is Cc1cc(N2CCOc3cc(S(=O)(=O)Cc4nccs4)ccc32)ccc1F. The topological polar surface area (TPSA) is 59.5 Å². The average Bonchev–Trinajstić information content (AvgIpc) is 3.15. The van der Waals surface area contributed by atoms with Gasteiger partial charge >= 0.3 is 0 Å². The summed E-state index contributed by atoms with van der Waals surface area (Å²) in [5, 5.41) is 2.31. The fraction of sp³-hybridized carbons (Fsp3) is 0.211. The second-order valence-corrected chi connectivity index (χ2v) is 9.22. The number of aryl methyl sites for hydroxylation is 1. The molecule has 0 amide bonds.